The number of amides is 2. The molecule has 0 aliphatic carbocycles. The molecular weight excluding hydrogens is 313 g/mol. The van der Waals surface area contributed by atoms with E-state index in [1.54, 1.807) is 18.2 Å². The molecule has 0 unspecified atom stereocenters. The van der Waals surface area contributed by atoms with Crippen molar-refractivity contribution in [1.82, 2.24) is 4.90 Å². The van der Waals surface area contributed by atoms with Crippen LogP contribution in [0.25, 0.3) is 6.08 Å². The monoisotopic (exact) mass is 327 g/mol. The van der Waals surface area contributed by atoms with Gasteiger partial charge in [-0.2, -0.15) is 0 Å². The fourth-order valence-electron chi connectivity index (χ4n) is 2.30. The summed E-state index contributed by atoms with van der Waals surface area (Å²) < 4.78 is 12.9. The van der Waals surface area contributed by atoms with Gasteiger partial charge in [0.15, 0.2) is 0 Å². The topological polar surface area (TPSA) is 37.4 Å². The molecule has 1 heterocycles. The number of hydrogen-bond acceptors (Lipinski definition) is 3. The van der Waals surface area contributed by atoms with Crippen molar-refractivity contribution in [2.75, 3.05) is 0 Å². The van der Waals surface area contributed by atoms with Gasteiger partial charge in [-0.1, -0.05) is 36.4 Å². The summed E-state index contributed by atoms with van der Waals surface area (Å²) in [4.78, 5) is 26.1. The maximum absolute atomic E-state index is 12.9. The lowest BCUT2D eigenvalue weighted by Gasteiger charge is -2.12. The predicted molar refractivity (Wildman–Crippen MR) is 89.1 cm³/mol. The van der Waals surface area contributed by atoms with Gasteiger partial charge in [0.05, 0.1) is 11.4 Å². The number of carbonyl (C=O) groups is 2. The van der Waals surface area contributed by atoms with Gasteiger partial charge < -0.3 is 0 Å². The van der Waals surface area contributed by atoms with Crippen molar-refractivity contribution in [1.29, 1.82) is 0 Å². The number of hydrogen-bond donors (Lipinski definition) is 0. The summed E-state index contributed by atoms with van der Waals surface area (Å²) in [5, 5.41) is -0.306. The van der Waals surface area contributed by atoms with Gasteiger partial charge in [-0.25, -0.2) is 4.39 Å². The molecule has 0 radical (unpaired) electrons. The second-order valence-corrected chi connectivity index (χ2v) is 6.24. The average molecular weight is 327 g/mol. The Balaban J connectivity index is 1.82. The van der Waals surface area contributed by atoms with E-state index >= 15 is 0 Å². The van der Waals surface area contributed by atoms with Crippen LogP contribution in [0, 0.1) is 12.7 Å². The van der Waals surface area contributed by atoms with E-state index in [2.05, 4.69) is 0 Å². The van der Waals surface area contributed by atoms with Crippen molar-refractivity contribution >= 4 is 29.0 Å². The Hall–Kier alpha value is -2.40. The third kappa shape index (κ3) is 3.35. The Morgan fingerprint density at radius 1 is 1.09 bits per heavy atom. The third-order valence-electron chi connectivity index (χ3n) is 3.60. The maximum Gasteiger partial charge on any atom is 0.293 e. The summed E-state index contributed by atoms with van der Waals surface area (Å²) in [6, 6.07) is 13.5. The molecule has 1 fully saturated rings. The largest absolute Gasteiger partial charge is 0.293 e. The molecule has 0 N–H and O–H groups in total. The van der Waals surface area contributed by atoms with Crippen LogP contribution in [0.4, 0.5) is 9.18 Å². The van der Waals surface area contributed by atoms with E-state index in [4.69, 9.17) is 0 Å². The van der Waals surface area contributed by atoms with Gasteiger partial charge in [0.25, 0.3) is 11.1 Å². The maximum atomic E-state index is 12.9. The van der Waals surface area contributed by atoms with E-state index in [1.807, 2.05) is 31.2 Å². The van der Waals surface area contributed by atoms with Gasteiger partial charge in [0, 0.05) is 0 Å². The predicted octanol–water partition coefficient (Wildman–Crippen LogP) is 4.37. The fraction of sp³-hybridized carbons (Fsp3) is 0.111. The molecule has 23 heavy (non-hydrogen) atoms. The van der Waals surface area contributed by atoms with E-state index in [0.29, 0.717) is 10.5 Å². The van der Waals surface area contributed by atoms with Crippen LogP contribution >= 0.6 is 11.8 Å². The smallest absolute Gasteiger partial charge is 0.268 e. The molecule has 2 aromatic rings. The summed E-state index contributed by atoms with van der Waals surface area (Å²) in [5.41, 5.74) is 2.67. The second kappa shape index (κ2) is 6.38. The molecular formula is C18H14FNO2S. The van der Waals surface area contributed by atoms with Crippen LogP contribution in [-0.4, -0.2) is 16.0 Å². The fourth-order valence-corrected chi connectivity index (χ4v) is 3.13. The normalized spacial score (nSPS) is 16.4. The Labute approximate surface area is 137 Å². The number of nitrogens with zero attached hydrogens (tertiary/aromatic N) is 1. The lowest BCUT2D eigenvalue weighted by molar-refractivity contribution is -0.123. The minimum absolute atomic E-state index is 0.149. The van der Waals surface area contributed by atoms with Crippen LogP contribution in [-0.2, 0) is 11.3 Å². The van der Waals surface area contributed by atoms with Gasteiger partial charge in [0.1, 0.15) is 5.82 Å². The highest BCUT2D eigenvalue weighted by Crippen LogP contribution is 2.33. The van der Waals surface area contributed by atoms with E-state index in [9.17, 15) is 14.0 Å². The van der Waals surface area contributed by atoms with Gasteiger partial charge in [-0.05, 0) is 53.6 Å². The third-order valence-corrected chi connectivity index (χ3v) is 4.51. The zero-order valence-corrected chi connectivity index (χ0v) is 13.3. The molecule has 3 nitrogen and oxygen atoms in total. The van der Waals surface area contributed by atoms with E-state index in [0.717, 1.165) is 22.9 Å². The molecule has 0 aromatic heterocycles. The zero-order valence-electron chi connectivity index (χ0n) is 12.5. The average Bonchev–Trinajstić information content (AvgIpc) is 2.79. The van der Waals surface area contributed by atoms with Crippen molar-refractivity contribution < 1.29 is 14.0 Å². The first-order valence-corrected chi connectivity index (χ1v) is 7.92. The first kappa shape index (κ1) is 15.5. The minimum atomic E-state index is -0.345. The standard InChI is InChI=1S/C18H14FNO2S/c1-12-4-2-3-5-14(12)10-16-17(21)20(18(22)23-16)11-13-6-8-15(19)9-7-13/h2-10H,11H2,1H3/b16-10+. The Morgan fingerprint density at radius 3 is 2.48 bits per heavy atom. The zero-order chi connectivity index (χ0) is 16.4. The molecule has 3 rings (SSSR count). The molecule has 116 valence electrons. The van der Waals surface area contributed by atoms with Crippen LogP contribution in [0.5, 0.6) is 0 Å². The van der Waals surface area contributed by atoms with Gasteiger partial charge in [-0.15, -0.1) is 0 Å². The van der Waals surface area contributed by atoms with Crippen LogP contribution in [0.3, 0.4) is 0 Å². The molecule has 0 spiro atoms. The van der Waals surface area contributed by atoms with Crippen molar-refractivity contribution in [3.63, 3.8) is 0 Å². The van der Waals surface area contributed by atoms with Crippen LogP contribution in [0.2, 0.25) is 0 Å². The van der Waals surface area contributed by atoms with Crippen LogP contribution in [0.15, 0.2) is 53.4 Å². The summed E-state index contributed by atoms with van der Waals surface area (Å²) in [7, 11) is 0. The SMILES string of the molecule is Cc1ccccc1/C=C1/SC(=O)N(Cc2ccc(F)cc2)C1=O. The molecule has 5 heteroatoms. The van der Waals surface area contributed by atoms with Crippen LogP contribution < -0.4 is 0 Å². The molecule has 1 saturated heterocycles. The summed E-state index contributed by atoms with van der Waals surface area (Å²) >= 11 is 0.932. The number of aryl methyl sites for hydroxylation is 1. The molecule has 0 saturated carbocycles. The molecule has 1 aliphatic heterocycles. The highest BCUT2D eigenvalue weighted by molar-refractivity contribution is 8.18. The van der Waals surface area contributed by atoms with Crippen molar-refractivity contribution in [3.8, 4) is 0 Å². The van der Waals surface area contributed by atoms with Gasteiger partial charge in [0.2, 0.25) is 0 Å². The molecule has 2 amide bonds. The Bertz CT molecular complexity index is 799. The van der Waals surface area contributed by atoms with Gasteiger partial charge >= 0.3 is 0 Å². The number of benzene rings is 2. The Kier molecular flexibility index (Phi) is 4.30. The molecule has 1 aliphatic rings. The number of rotatable bonds is 3. The minimum Gasteiger partial charge on any atom is -0.268 e. The lowest BCUT2D eigenvalue weighted by Crippen LogP contribution is -2.27. The van der Waals surface area contributed by atoms with Crippen molar-refractivity contribution in [2.24, 2.45) is 0 Å². The quantitative estimate of drug-likeness (QED) is 0.786. The number of imide groups is 1. The summed E-state index contributed by atoms with van der Waals surface area (Å²) in [5.74, 6) is -0.657. The van der Waals surface area contributed by atoms with E-state index in [1.165, 1.54) is 17.0 Å². The van der Waals surface area contributed by atoms with Crippen molar-refractivity contribution in [3.05, 3.63) is 75.9 Å². The summed E-state index contributed by atoms with van der Waals surface area (Å²) in [6.45, 7) is 2.10. The number of carbonyl (C=O) groups excluding carboxylic acids is 2. The highest BCUT2D eigenvalue weighted by atomic mass is 32.2. The molecule has 2 aromatic carbocycles. The Morgan fingerprint density at radius 2 is 1.78 bits per heavy atom. The molecule has 0 atom stereocenters. The number of thioether (sulfide) groups is 1. The first-order chi connectivity index (χ1) is 11.0. The summed E-state index contributed by atoms with van der Waals surface area (Å²) in [6.07, 6.45) is 1.74. The molecule has 0 bridgehead atoms. The lowest BCUT2D eigenvalue weighted by atomic mass is 10.1. The van der Waals surface area contributed by atoms with Gasteiger partial charge in [-0.3, -0.25) is 14.5 Å². The van der Waals surface area contributed by atoms with Crippen LogP contribution in [0.1, 0.15) is 16.7 Å². The number of halogens is 1. The van der Waals surface area contributed by atoms with E-state index < -0.39 is 0 Å². The van der Waals surface area contributed by atoms with E-state index in [-0.39, 0.29) is 23.5 Å². The first-order valence-electron chi connectivity index (χ1n) is 7.10. The second-order valence-electron chi connectivity index (χ2n) is 5.25. The van der Waals surface area contributed by atoms with Crippen molar-refractivity contribution in [2.45, 2.75) is 13.5 Å². The highest BCUT2D eigenvalue weighted by Gasteiger charge is 2.34.